The smallest absolute Gasteiger partial charge is 0.196 e. The molecule has 0 amide bonds. The zero-order valence-electron chi connectivity index (χ0n) is 11.0. The maximum Gasteiger partial charge on any atom is 0.196 e. The summed E-state index contributed by atoms with van der Waals surface area (Å²) in [4.78, 5) is 12.5. The zero-order chi connectivity index (χ0) is 14.9. The van der Waals surface area contributed by atoms with Crippen molar-refractivity contribution in [1.82, 2.24) is 0 Å². The van der Waals surface area contributed by atoms with Gasteiger partial charge in [0.25, 0.3) is 0 Å². The molecule has 0 saturated carbocycles. The molecular formula is C15H13BrFNO2. The number of rotatable bonds is 3. The van der Waals surface area contributed by atoms with E-state index in [4.69, 9.17) is 10.5 Å². The number of aryl methyl sites for hydroxylation is 1. The van der Waals surface area contributed by atoms with Gasteiger partial charge < -0.3 is 10.5 Å². The number of carbonyl (C=O) groups is 1. The molecule has 104 valence electrons. The van der Waals surface area contributed by atoms with Crippen LogP contribution in [0.25, 0.3) is 0 Å². The molecule has 5 heteroatoms. The van der Waals surface area contributed by atoms with Crippen LogP contribution in [0.4, 0.5) is 10.1 Å². The first-order chi connectivity index (χ1) is 9.43. The molecule has 0 bridgehead atoms. The van der Waals surface area contributed by atoms with Crippen LogP contribution in [0.2, 0.25) is 0 Å². The predicted molar refractivity (Wildman–Crippen MR) is 79.7 cm³/mol. The average molecular weight is 338 g/mol. The minimum Gasteiger partial charge on any atom is -0.496 e. The third-order valence-corrected chi connectivity index (χ3v) is 3.63. The molecule has 0 unspecified atom stereocenters. The van der Waals surface area contributed by atoms with Crippen LogP contribution in [-0.2, 0) is 0 Å². The summed E-state index contributed by atoms with van der Waals surface area (Å²) in [5, 5.41) is 0. The fourth-order valence-electron chi connectivity index (χ4n) is 1.85. The van der Waals surface area contributed by atoms with Gasteiger partial charge in [0.1, 0.15) is 11.6 Å². The zero-order valence-corrected chi connectivity index (χ0v) is 12.6. The molecule has 2 aromatic rings. The summed E-state index contributed by atoms with van der Waals surface area (Å²) in [5.74, 6) is -0.525. The first-order valence-corrected chi connectivity index (χ1v) is 6.67. The van der Waals surface area contributed by atoms with Gasteiger partial charge in [-0.1, -0.05) is 0 Å². The van der Waals surface area contributed by atoms with Gasteiger partial charge >= 0.3 is 0 Å². The van der Waals surface area contributed by atoms with Crippen LogP contribution in [0, 0.1) is 12.7 Å². The number of benzene rings is 2. The Hall–Kier alpha value is -1.88. The Balaban J connectivity index is 2.52. The molecule has 0 aliphatic carbocycles. The van der Waals surface area contributed by atoms with Gasteiger partial charge in [-0.2, -0.15) is 0 Å². The third kappa shape index (κ3) is 2.67. The molecule has 0 spiro atoms. The highest BCUT2D eigenvalue weighted by Crippen LogP contribution is 2.28. The fourth-order valence-corrected chi connectivity index (χ4v) is 2.19. The van der Waals surface area contributed by atoms with Gasteiger partial charge in [0.15, 0.2) is 5.78 Å². The first-order valence-electron chi connectivity index (χ1n) is 5.88. The molecular weight excluding hydrogens is 325 g/mol. The number of methoxy groups -OCH3 is 1. The number of carbonyl (C=O) groups excluding carboxylic acids is 1. The van der Waals surface area contributed by atoms with Gasteiger partial charge in [-0.05, 0) is 52.7 Å². The van der Waals surface area contributed by atoms with Crippen molar-refractivity contribution in [3.63, 3.8) is 0 Å². The fraction of sp³-hybridized carbons (Fsp3) is 0.133. The molecule has 0 fully saturated rings. The molecule has 2 rings (SSSR count). The number of ether oxygens (including phenoxy) is 1. The van der Waals surface area contributed by atoms with Crippen LogP contribution < -0.4 is 10.5 Å². The number of hydrogen-bond donors (Lipinski definition) is 1. The van der Waals surface area contributed by atoms with Crippen molar-refractivity contribution in [2.45, 2.75) is 6.92 Å². The second kappa shape index (κ2) is 5.63. The summed E-state index contributed by atoms with van der Waals surface area (Å²) in [7, 11) is 1.40. The lowest BCUT2D eigenvalue weighted by Crippen LogP contribution is -2.06. The van der Waals surface area contributed by atoms with E-state index in [1.54, 1.807) is 18.2 Å². The van der Waals surface area contributed by atoms with Crippen LogP contribution in [0.3, 0.4) is 0 Å². The lowest BCUT2D eigenvalue weighted by atomic mass is 10.00. The van der Waals surface area contributed by atoms with Crippen molar-refractivity contribution in [2.24, 2.45) is 0 Å². The van der Waals surface area contributed by atoms with Crippen LogP contribution in [0.1, 0.15) is 21.5 Å². The highest BCUT2D eigenvalue weighted by molar-refractivity contribution is 9.10. The Bertz CT molecular complexity index is 686. The lowest BCUT2D eigenvalue weighted by molar-refractivity contribution is 0.103. The quantitative estimate of drug-likeness (QED) is 0.686. The molecule has 0 saturated heterocycles. The second-order valence-corrected chi connectivity index (χ2v) is 5.22. The number of hydrogen-bond acceptors (Lipinski definition) is 3. The second-order valence-electron chi connectivity index (χ2n) is 4.37. The van der Waals surface area contributed by atoms with Crippen molar-refractivity contribution in [2.75, 3.05) is 12.8 Å². The van der Waals surface area contributed by atoms with Gasteiger partial charge in [0, 0.05) is 17.3 Å². The number of anilines is 1. The summed E-state index contributed by atoms with van der Waals surface area (Å²) >= 11 is 3.07. The van der Waals surface area contributed by atoms with Crippen molar-refractivity contribution in [1.29, 1.82) is 0 Å². The van der Waals surface area contributed by atoms with Gasteiger partial charge in [-0.3, -0.25) is 4.79 Å². The number of nitrogen functional groups attached to an aromatic ring is 1. The highest BCUT2D eigenvalue weighted by atomic mass is 79.9. The van der Waals surface area contributed by atoms with E-state index in [0.29, 0.717) is 16.8 Å². The monoisotopic (exact) mass is 337 g/mol. The number of halogens is 2. The summed E-state index contributed by atoms with van der Waals surface area (Å²) in [6.45, 7) is 1.82. The van der Waals surface area contributed by atoms with Gasteiger partial charge in [-0.25, -0.2) is 4.39 Å². The Morgan fingerprint density at radius 2 is 2.00 bits per heavy atom. The average Bonchev–Trinajstić information content (AvgIpc) is 2.43. The number of nitrogens with two attached hydrogens (primary N) is 1. The van der Waals surface area contributed by atoms with E-state index in [2.05, 4.69) is 15.9 Å². The van der Waals surface area contributed by atoms with Crippen LogP contribution in [0.15, 0.2) is 34.8 Å². The maximum absolute atomic E-state index is 13.5. The summed E-state index contributed by atoms with van der Waals surface area (Å²) in [5.41, 5.74) is 7.95. The third-order valence-electron chi connectivity index (χ3n) is 3.02. The van der Waals surface area contributed by atoms with Gasteiger partial charge in [0.2, 0.25) is 0 Å². The van der Waals surface area contributed by atoms with E-state index in [0.717, 1.165) is 5.56 Å². The van der Waals surface area contributed by atoms with E-state index in [1.165, 1.54) is 19.2 Å². The molecule has 20 heavy (non-hydrogen) atoms. The summed E-state index contributed by atoms with van der Waals surface area (Å²) < 4.78 is 18.8. The van der Waals surface area contributed by atoms with E-state index >= 15 is 0 Å². The Morgan fingerprint density at radius 1 is 1.30 bits per heavy atom. The largest absolute Gasteiger partial charge is 0.496 e. The molecule has 0 aliphatic heterocycles. The first kappa shape index (κ1) is 14.5. The van der Waals surface area contributed by atoms with Crippen molar-refractivity contribution in [3.05, 3.63) is 57.3 Å². The Kier molecular flexibility index (Phi) is 4.09. The Labute approximate surface area is 124 Å². The van der Waals surface area contributed by atoms with Crippen LogP contribution in [0.5, 0.6) is 5.75 Å². The topological polar surface area (TPSA) is 52.3 Å². The van der Waals surface area contributed by atoms with E-state index in [1.807, 2.05) is 6.92 Å². The van der Waals surface area contributed by atoms with Crippen molar-refractivity contribution in [3.8, 4) is 5.75 Å². The van der Waals surface area contributed by atoms with Gasteiger partial charge in [-0.15, -0.1) is 0 Å². The molecule has 0 aromatic heterocycles. The van der Waals surface area contributed by atoms with Crippen molar-refractivity contribution >= 4 is 27.4 Å². The minimum atomic E-state index is -0.480. The predicted octanol–water partition coefficient (Wildman–Crippen LogP) is 3.72. The molecule has 0 aliphatic rings. The normalized spacial score (nSPS) is 10.4. The van der Waals surface area contributed by atoms with Crippen LogP contribution in [-0.4, -0.2) is 12.9 Å². The summed E-state index contributed by atoms with van der Waals surface area (Å²) in [6, 6.07) is 7.62. The molecule has 0 radical (unpaired) electrons. The minimum absolute atomic E-state index is 0.199. The Morgan fingerprint density at radius 3 is 2.60 bits per heavy atom. The van der Waals surface area contributed by atoms with E-state index in [-0.39, 0.29) is 16.0 Å². The SMILES string of the molecule is COc1cc(F)c(Br)cc1C(=O)c1ccc(N)c(C)c1. The van der Waals surface area contributed by atoms with Crippen LogP contribution >= 0.6 is 15.9 Å². The molecule has 2 aromatic carbocycles. The molecule has 2 N–H and O–H groups in total. The number of ketones is 1. The lowest BCUT2D eigenvalue weighted by Gasteiger charge is -2.10. The van der Waals surface area contributed by atoms with E-state index in [9.17, 15) is 9.18 Å². The van der Waals surface area contributed by atoms with Crippen molar-refractivity contribution < 1.29 is 13.9 Å². The molecule has 0 heterocycles. The van der Waals surface area contributed by atoms with E-state index < -0.39 is 5.82 Å². The summed E-state index contributed by atoms with van der Waals surface area (Å²) in [6.07, 6.45) is 0. The highest BCUT2D eigenvalue weighted by Gasteiger charge is 2.17. The van der Waals surface area contributed by atoms with Gasteiger partial charge in [0.05, 0.1) is 17.1 Å². The molecule has 3 nitrogen and oxygen atoms in total. The standard InChI is InChI=1S/C15H13BrFNO2/c1-8-5-9(3-4-13(8)18)15(19)10-6-11(16)12(17)7-14(10)20-2/h3-7H,18H2,1-2H3. The molecule has 0 atom stereocenters. The maximum atomic E-state index is 13.5.